The van der Waals surface area contributed by atoms with Crippen LogP contribution in [-0.2, 0) is 9.53 Å². The van der Waals surface area contributed by atoms with Gasteiger partial charge in [-0.3, -0.25) is 4.79 Å². The lowest BCUT2D eigenvalue weighted by Gasteiger charge is -2.13. The summed E-state index contributed by atoms with van der Waals surface area (Å²) in [6.45, 7) is 3.45. The zero-order valence-electron chi connectivity index (χ0n) is 12.2. The van der Waals surface area contributed by atoms with Crippen molar-refractivity contribution in [3.63, 3.8) is 0 Å². The first-order valence-electron chi connectivity index (χ1n) is 7.59. The van der Waals surface area contributed by atoms with Crippen LogP contribution in [0.2, 0.25) is 0 Å². The maximum absolute atomic E-state index is 14.0. The largest absolute Gasteiger partial charge is 0.380 e. The van der Waals surface area contributed by atoms with E-state index in [0.717, 1.165) is 25.9 Å². The van der Waals surface area contributed by atoms with Crippen LogP contribution in [0.3, 0.4) is 0 Å². The lowest BCUT2D eigenvalue weighted by Crippen LogP contribution is -2.19. The van der Waals surface area contributed by atoms with Gasteiger partial charge in [0.25, 0.3) is 0 Å². The highest BCUT2D eigenvalue weighted by molar-refractivity contribution is 5.94. The fourth-order valence-electron chi connectivity index (χ4n) is 2.69. The van der Waals surface area contributed by atoms with Gasteiger partial charge in [0.15, 0.2) is 0 Å². The number of halogens is 1. The maximum atomic E-state index is 14.0. The zero-order chi connectivity index (χ0) is 14.8. The molecule has 114 valence electrons. The van der Waals surface area contributed by atoms with E-state index in [-0.39, 0.29) is 23.7 Å². The van der Waals surface area contributed by atoms with Crippen molar-refractivity contribution >= 4 is 17.3 Å². The number of benzene rings is 1. The highest BCUT2D eigenvalue weighted by atomic mass is 19.1. The number of ether oxygens (including phenoxy) is 1. The van der Waals surface area contributed by atoms with Crippen molar-refractivity contribution < 1.29 is 13.9 Å². The highest BCUT2D eigenvalue weighted by Crippen LogP contribution is 2.38. The van der Waals surface area contributed by atoms with E-state index in [1.165, 1.54) is 6.07 Å². The molecule has 2 fully saturated rings. The average Bonchev–Trinajstić information content (AvgIpc) is 2.98. The molecule has 1 saturated heterocycles. The van der Waals surface area contributed by atoms with Gasteiger partial charge in [-0.15, -0.1) is 0 Å². The number of anilines is 2. The zero-order valence-corrected chi connectivity index (χ0v) is 12.2. The average molecular weight is 292 g/mol. The van der Waals surface area contributed by atoms with Crippen LogP contribution in [0.1, 0.15) is 26.2 Å². The van der Waals surface area contributed by atoms with Crippen molar-refractivity contribution in [2.24, 2.45) is 11.8 Å². The Morgan fingerprint density at radius 1 is 1.48 bits per heavy atom. The molecule has 0 aromatic heterocycles. The second kappa shape index (κ2) is 6.02. The van der Waals surface area contributed by atoms with Crippen molar-refractivity contribution in [2.45, 2.75) is 32.3 Å². The molecule has 5 heteroatoms. The Kier molecular flexibility index (Phi) is 4.10. The third-order valence-electron chi connectivity index (χ3n) is 4.23. The number of nitrogens with one attached hydrogen (secondary N) is 2. The van der Waals surface area contributed by atoms with E-state index in [4.69, 9.17) is 4.74 Å². The molecule has 1 saturated carbocycles. The third kappa shape index (κ3) is 3.53. The summed E-state index contributed by atoms with van der Waals surface area (Å²) in [5.41, 5.74) is 0.961. The SMILES string of the molecule is C[C@@H]1C[C@@H]1C(=O)Nc1ccc(NC[C@@H]2CCCO2)c(F)c1. The van der Waals surface area contributed by atoms with E-state index in [9.17, 15) is 9.18 Å². The number of carbonyl (C=O) groups is 1. The first kappa shape index (κ1) is 14.3. The van der Waals surface area contributed by atoms with Gasteiger partial charge in [0.2, 0.25) is 5.91 Å². The standard InChI is InChI=1S/C16H21FN2O2/c1-10-7-13(10)16(20)19-11-4-5-15(14(17)8-11)18-9-12-3-2-6-21-12/h4-5,8,10,12-13,18H,2-3,6-7,9H2,1H3,(H,19,20)/t10-,12+,13+/m1/s1. The van der Waals surface area contributed by atoms with Gasteiger partial charge in [-0.2, -0.15) is 0 Å². The Labute approximate surface area is 124 Å². The van der Waals surface area contributed by atoms with Crippen LogP contribution >= 0.6 is 0 Å². The summed E-state index contributed by atoms with van der Waals surface area (Å²) >= 11 is 0. The fraction of sp³-hybridized carbons (Fsp3) is 0.562. The predicted molar refractivity (Wildman–Crippen MR) is 79.8 cm³/mol. The van der Waals surface area contributed by atoms with Crippen LogP contribution in [0.25, 0.3) is 0 Å². The van der Waals surface area contributed by atoms with Gasteiger partial charge in [-0.1, -0.05) is 6.92 Å². The van der Waals surface area contributed by atoms with Crippen molar-refractivity contribution in [1.29, 1.82) is 0 Å². The minimum Gasteiger partial charge on any atom is -0.380 e. The summed E-state index contributed by atoms with van der Waals surface area (Å²) in [6, 6.07) is 4.75. The van der Waals surface area contributed by atoms with Gasteiger partial charge in [-0.05, 0) is 43.4 Å². The van der Waals surface area contributed by atoms with Crippen molar-refractivity contribution in [3.05, 3.63) is 24.0 Å². The molecule has 3 rings (SSSR count). The van der Waals surface area contributed by atoms with E-state index in [2.05, 4.69) is 10.6 Å². The second-order valence-electron chi connectivity index (χ2n) is 6.02. The summed E-state index contributed by atoms with van der Waals surface area (Å²) in [5.74, 6) is 0.171. The number of rotatable bonds is 5. The lowest BCUT2D eigenvalue weighted by atomic mass is 10.2. The second-order valence-corrected chi connectivity index (χ2v) is 6.02. The number of carbonyl (C=O) groups excluding carboxylic acids is 1. The van der Waals surface area contributed by atoms with Crippen LogP contribution in [0.4, 0.5) is 15.8 Å². The van der Waals surface area contributed by atoms with E-state index in [1.807, 2.05) is 6.92 Å². The molecule has 0 bridgehead atoms. The molecule has 1 amide bonds. The molecule has 21 heavy (non-hydrogen) atoms. The van der Waals surface area contributed by atoms with E-state index < -0.39 is 0 Å². The summed E-state index contributed by atoms with van der Waals surface area (Å²) in [6.07, 6.45) is 3.18. The van der Waals surface area contributed by atoms with Crippen LogP contribution in [-0.4, -0.2) is 25.2 Å². The molecule has 4 nitrogen and oxygen atoms in total. The lowest BCUT2D eigenvalue weighted by molar-refractivity contribution is -0.117. The molecule has 1 aromatic carbocycles. The topological polar surface area (TPSA) is 50.4 Å². The fourth-order valence-corrected chi connectivity index (χ4v) is 2.69. The van der Waals surface area contributed by atoms with Crippen molar-refractivity contribution in [1.82, 2.24) is 0 Å². The molecule has 1 aromatic rings. The Morgan fingerprint density at radius 2 is 2.29 bits per heavy atom. The van der Waals surface area contributed by atoms with Gasteiger partial charge < -0.3 is 15.4 Å². The van der Waals surface area contributed by atoms with E-state index >= 15 is 0 Å². The monoisotopic (exact) mass is 292 g/mol. The molecular weight excluding hydrogens is 271 g/mol. The first-order valence-corrected chi connectivity index (χ1v) is 7.59. The minimum atomic E-state index is -0.352. The molecule has 1 aliphatic carbocycles. The van der Waals surface area contributed by atoms with Crippen LogP contribution in [0.15, 0.2) is 18.2 Å². The Morgan fingerprint density at radius 3 is 2.90 bits per heavy atom. The molecule has 2 N–H and O–H groups in total. The quantitative estimate of drug-likeness (QED) is 0.877. The highest BCUT2D eigenvalue weighted by Gasteiger charge is 2.39. The summed E-state index contributed by atoms with van der Waals surface area (Å²) < 4.78 is 19.5. The van der Waals surface area contributed by atoms with Crippen LogP contribution in [0.5, 0.6) is 0 Å². The van der Waals surface area contributed by atoms with E-state index in [1.54, 1.807) is 12.1 Å². The Balaban J connectivity index is 1.55. The Hall–Kier alpha value is -1.62. The molecule has 3 atom stereocenters. The van der Waals surface area contributed by atoms with Gasteiger partial charge >= 0.3 is 0 Å². The molecule has 1 heterocycles. The van der Waals surface area contributed by atoms with Crippen LogP contribution < -0.4 is 10.6 Å². The number of hydrogen-bond acceptors (Lipinski definition) is 3. The van der Waals surface area contributed by atoms with Crippen molar-refractivity contribution in [2.75, 3.05) is 23.8 Å². The summed E-state index contributed by atoms with van der Waals surface area (Å²) in [4.78, 5) is 11.8. The summed E-state index contributed by atoms with van der Waals surface area (Å²) in [5, 5.41) is 5.83. The third-order valence-corrected chi connectivity index (χ3v) is 4.23. The number of amides is 1. The van der Waals surface area contributed by atoms with Crippen molar-refractivity contribution in [3.8, 4) is 0 Å². The minimum absolute atomic E-state index is 0.0121. The van der Waals surface area contributed by atoms with Gasteiger partial charge in [0.05, 0.1) is 11.8 Å². The van der Waals surface area contributed by atoms with Gasteiger partial charge in [-0.25, -0.2) is 4.39 Å². The molecule has 0 unspecified atom stereocenters. The normalized spacial score (nSPS) is 27.4. The van der Waals surface area contributed by atoms with Gasteiger partial charge in [0, 0.05) is 24.8 Å². The molecule has 2 aliphatic rings. The predicted octanol–water partition coefficient (Wildman–Crippen LogP) is 3.01. The van der Waals surface area contributed by atoms with Crippen LogP contribution in [0, 0.1) is 17.7 Å². The molecule has 1 aliphatic heterocycles. The maximum Gasteiger partial charge on any atom is 0.227 e. The summed E-state index contributed by atoms with van der Waals surface area (Å²) in [7, 11) is 0. The molecule has 0 radical (unpaired) electrons. The van der Waals surface area contributed by atoms with Gasteiger partial charge in [0.1, 0.15) is 5.82 Å². The molecular formula is C16H21FN2O2. The first-order chi connectivity index (χ1) is 10.1. The molecule has 0 spiro atoms. The number of hydrogen-bond donors (Lipinski definition) is 2. The Bertz CT molecular complexity index is 529. The smallest absolute Gasteiger partial charge is 0.227 e. The van der Waals surface area contributed by atoms with E-state index in [0.29, 0.717) is 23.8 Å².